The number of hydrogen-bond acceptors (Lipinski definition) is 5. The Labute approximate surface area is 168 Å². The molecule has 0 saturated heterocycles. The van der Waals surface area contributed by atoms with E-state index in [1.54, 1.807) is 16.7 Å². The van der Waals surface area contributed by atoms with Crippen LogP contribution in [0.5, 0.6) is 0 Å². The lowest BCUT2D eigenvalue weighted by molar-refractivity contribution is 0.102. The second-order valence-corrected chi connectivity index (χ2v) is 8.28. The van der Waals surface area contributed by atoms with E-state index in [0.717, 1.165) is 5.69 Å². The van der Waals surface area contributed by atoms with E-state index in [-0.39, 0.29) is 4.90 Å². The number of nitrogens with two attached hydrogens (primary N) is 1. The van der Waals surface area contributed by atoms with E-state index in [9.17, 15) is 13.2 Å². The van der Waals surface area contributed by atoms with Gasteiger partial charge in [-0.3, -0.25) is 9.36 Å². The summed E-state index contributed by atoms with van der Waals surface area (Å²) in [5.74, 6) is -0.402. The molecule has 28 heavy (non-hydrogen) atoms. The minimum absolute atomic E-state index is 0.00849. The first-order valence-electron chi connectivity index (χ1n) is 8.49. The van der Waals surface area contributed by atoms with Gasteiger partial charge in [-0.2, -0.15) is 0 Å². The van der Waals surface area contributed by atoms with Gasteiger partial charge in [-0.05, 0) is 42.5 Å². The van der Waals surface area contributed by atoms with Crippen molar-refractivity contribution in [2.24, 2.45) is 5.14 Å². The van der Waals surface area contributed by atoms with Crippen molar-refractivity contribution in [3.63, 3.8) is 0 Å². The van der Waals surface area contributed by atoms with Crippen molar-refractivity contribution >= 4 is 33.4 Å². The molecule has 0 fully saturated rings. The minimum atomic E-state index is -3.89. The van der Waals surface area contributed by atoms with Crippen molar-refractivity contribution in [1.82, 2.24) is 9.55 Å². The Kier molecular flexibility index (Phi) is 5.87. The minimum Gasteiger partial charge on any atom is -0.321 e. The molecule has 1 amide bonds. The molecule has 0 spiro atoms. The van der Waals surface area contributed by atoms with Crippen LogP contribution in [0.2, 0.25) is 0 Å². The number of carbonyl (C=O) groups excluding carboxylic acids is 1. The highest BCUT2D eigenvalue weighted by molar-refractivity contribution is 7.98. The molecule has 0 saturated carbocycles. The van der Waals surface area contributed by atoms with Gasteiger partial charge < -0.3 is 5.32 Å². The molecular formula is C19H20N4O3S2. The Morgan fingerprint density at radius 2 is 1.93 bits per heavy atom. The lowest BCUT2D eigenvalue weighted by Gasteiger charge is -2.12. The van der Waals surface area contributed by atoms with Gasteiger partial charge in [0, 0.05) is 11.4 Å². The summed E-state index contributed by atoms with van der Waals surface area (Å²) in [6, 6.07) is 14.1. The normalized spacial score (nSPS) is 11.4. The standard InChI is InChI=1S/C19H20N4O3S2/c1-3-13-9-10-14(11-17(13)28(20,25)26)22-18(24)16-12-21-19(27-2)23(16)15-7-5-4-6-8-15/h4-12H,3H2,1-2H3,(H,22,24)(H2,20,25,26). The molecule has 7 nitrogen and oxygen atoms in total. The largest absolute Gasteiger partial charge is 0.321 e. The lowest BCUT2D eigenvalue weighted by atomic mass is 10.1. The van der Waals surface area contributed by atoms with E-state index in [2.05, 4.69) is 10.3 Å². The molecule has 0 aliphatic carbocycles. The Morgan fingerprint density at radius 3 is 2.54 bits per heavy atom. The van der Waals surface area contributed by atoms with Gasteiger partial charge in [-0.15, -0.1) is 0 Å². The number of benzene rings is 2. The molecule has 0 radical (unpaired) electrons. The second-order valence-electron chi connectivity index (χ2n) is 5.98. The average molecular weight is 417 g/mol. The van der Waals surface area contributed by atoms with Crippen LogP contribution in [0.4, 0.5) is 5.69 Å². The molecule has 3 aromatic rings. The zero-order chi connectivity index (χ0) is 20.3. The quantitative estimate of drug-likeness (QED) is 0.601. The first-order valence-corrected chi connectivity index (χ1v) is 11.3. The monoisotopic (exact) mass is 416 g/mol. The molecule has 3 rings (SSSR count). The summed E-state index contributed by atoms with van der Waals surface area (Å²) < 4.78 is 25.5. The number of rotatable bonds is 6. The van der Waals surface area contributed by atoms with Crippen LogP contribution in [0.1, 0.15) is 23.0 Å². The molecule has 2 aromatic carbocycles. The van der Waals surface area contributed by atoms with E-state index in [0.29, 0.717) is 28.5 Å². The fourth-order valence-electron chi connectivity index (χ4n) is 2.85. The van der Waals surface area contributed by atoms with Crippen LogP contribution < -0.4 is 10.5 Å². The van der Waals surface area contributed by atoms with Gasteiger partial charge in [0.05, 0.1) is 11.1 Å². The molecule has 1 aromatic heterocycles. The zero-order valence-corrected chi connectivity index (χ0v) is 17.0. The molecule has 0 unspecified atom stereocenters. The molecule has 9 heteroatoms. The van der Waals surface area contributed by atoms with Gasteiger partial charge in [0.25, 0.3) is 5.91 Å². The van der Waals surface area contributed by atoms with Gasteiger partial charge in [0.2, 0.25) is 10.0 Å². The van der Waals surface area contributed by atoms with Gasteiger partial charge in [0.1, 0.15) is 5.69 Å². The lowest BCUT2D eigenvalue weighted by Crippen LogP contribution is -2.18. The predicted octanol–water partition coefficient (Wildman–Crippen LogP) is 3.06. The van der Waals surface area contributed by atoms with Crippen LogP contribution in [0.15, 0.2) is 64.8 Å². The number of hydrogen-bond donors (Lipinski definition) is 2. The fourth-order valence-corrected chi connectivity index (χ4v) is 4.26. The van der Waals surface area contributed by atoms with Crippen LogP contribution in [0.3, 0.4) is 0 Å². The number of carbonyl (C=O) groups is 1. The third-order valence-corrected chi connectivity index (χ3v) is 5.82. The summed E-state index contributed by atoms with van der Waals surface area (Å²) in [5, 5.41) is 8.72. The fraction of sp³-hybridized carbons (Fsp3) is 0.158. The number of aryl methyl sites for hydroxylation is 1. The number of anilines is 1. The Morgan fingerprint density at radius 1 is 1.21 bits per heavy atom. The smallest absolute Gasteiger partial charge is 0.274 e. The van der Waals surface area contributed by atoms with Crippen LogP contribution >= 0.6 is 11.8 Å². The molecule has 3 N–H and O–H groups in total. The summed E-state index contributed by atoms with van der Waals surface area (Å²) in [7, 11) is -3.89. The summed E-state index contributed by atoms with van der Waals surface area (Å²) in [5.41, 5.74) is 2.09. The van der Waals surface area contributed by atoms with Crippen LogP contribution in [0.25, 0.3) is 5.69 Å². The highest BCUT2D eigenvalue weighted by Gasteiger charge is 2.19. The number of nitrogens with zero attached hydrogens (tertiary/aromatic N) is 2. The van der Waals surface area contributed by atoms with Crippen molar-refractivity contribution in [1.29, 1.82) is 0 Å². The number of primary sulfonamides is 1. The topological polar surface area (TPSA) is 107 Å². The summed E-state index contributed by atoms with van der Waals surface area (Å²) >= 11 is 1.42. The summed E-state index contributed by atoms with van der Waals surface area (Å²) in [6.45, 7) is 1.84. The molecule has 146 valence electrons. The molecule has 0 bridgehead atoms. The summed E-state index contributed by atoms with van der Waals surface area (Å²) in [6.07, 6.45) is 3.89. The maximum absolute atomic E-state index is 12.9. The molecular weight excluding hydrogens is 396 g/mol. The van der Waals surface area contributed by atoms with Crippen molar-refractivity contribution in [3.05, 3.63) is 66.0 Å². The molecule has 0 aliphatic rings. The molecule has 0 atom stereocenters. The SMILES string of the molecule is CCc1ccc(NC(=O)c2cnc(SC)n2-c2ccccc2)cc1S(N)(=O)=O. The first-order chi connectivity index (χ1) is 13.3. The second kappa shape index (κ2) is 8.17. The van der Waals surface area contributed by atoms with E-state index in [1.165, 1.54) is 24.0 Å². The maximum atomic E-state index is 12.9. The van der Waals surface area contributed by atoms with Gasteiger partial charge >= 0.3 is 0 Å². The average Bonchev–Trinajstić information content (AvgIpc) is 3.12. The van der Waals surface area contributed by atoms with E-state index >= 15 is 0 Å². The number of nitrogens with one attached hydrogen (secondary N) is 1. The van der Waals surface area contributed by atoms with E-state index in [1.807, 2.05) is 43.5 Å². The van der Waals surface area contributed by atoms with Crippen molar-refractivity contribution < 1.29 is 13.2 Å². The van der Waals surface area contributed by atoms with Crippen LogP contribution in [-0.4, -0.2) is 30.1 Å². The van der Waals surface area contributed by atoms with E-state index < -0.39 is 15.9 Å². The third kappa shape index (κ3) is 4.11. The first kappa shape index (κ1) is 20.1. The number of sulfonamides is 1. The zero-order valence-electron chi connectivity index (χ0n) is 15.4. The van der Waals surface area contributed by atoms with Crippen molar-refractivity contribution in [2.45, 2.75) is 23.4 Å². The van der Waals surface area contributed by atoms with Gasteiger partial charge in [-0.1, -0.05) is 43.0 Å². The highest BCUT2D eigenvalue weighted by atomic mass is 32.2. The number of aromatic nitrogens is 2. The summed E-state index contributed by atoms with van der Waals surface area (Å²) in [4.78, 5) is 17.2. The Bertz CT molecular complexity index is 1110. The van der Waals surface area contributed by atoms with Gasteiger partial charge in [-0.25, -0.2) is 18.5 Å². The number of thioether (sulfide) groups is 1. The van der Waals surface area contributed by atoms with Gasteiger partial charge in [0.15, 0.2) is 5.16 Å². The highest BCUT2D eigenvalue weighted by Crippen LogP contribution is 2.24. The van der Waals surface area contributed by atoms with Crippen LogP contribution in [0, 0.1) is 0 Å². The third-order valence-electron chi connectivity index (χ3n) is 4.17. The number of para-hydroxylation sites is 1. The molecule has 0 aliphatic heterocycles. The Hall–Kier alpha value is -2.62. The predicted molar refractivity (Wildman–Crippen MR) is 110 cm³/mol. The van der Waals surface area contributed by atoms with Crippen molar-refractivity contribution in [3.8, 4) is 5.69 Å². The number of imidazole rings is 1. The van der Waals surface area contributed by atoms with Crippen molar-refractivity contribution in [2.75, 3.05) is 11.6 Å². The maximum Gasteiger partial charge on any atom is 0.274 e. The molecule has 1 heterocycles. The number of amides is 1. The van der Waals surface area contributed by atoms with E-state index in [4.69, 9.17) is 5.14 Å². The Balaban J connectivity index is 1.98. The van der Waals surface area contributed by atoms with Crippen LogP contribution in [-0.2, 0) is 16.4 Å².